The minimum atomic E-state index is -1.26. The first-order valence-electron chi connectivity index (χ1n) is 6.31. The first-order chi connectivity index (χ1) is 9.04. The molecule has 0 unspecified atom stereocenters. The van der Waals surface area contributed by atoms with Gasteiger partial charge in [0.15, 0.2) is 0 Å². The van der Waals surface area contributed by atoms with Crippen LogP contribution in [-0.4, -0.2) is 22.2 Å². The number of carboxylic acid groups (broad SMARTS) is 2. The zero-order chi connectivity index (χ0) is 14.3. The zero-order valence-corrected chi connectivity index (χ0v) is 10.9. The lowest BCUT2D eigenvalue weighted by atomic mass is 10.0. The second-order valence-electron chi connectivity index (χ2n) is 4.36. The summed E-state index contributed by atoms with van der Waals surface area (Å²) in [5.74, 6) is -2.49. The van der Waals surface area contributed by atoms with Crippen LogP contribution in [0.4, 0.5) is 0 Å². The van der Waals surface area contributed by atoms with E-state index in [9.17, 15) is 9.59 Å². The number of aliphatic carboxylic acids is 2. The highest BCUT2D eigenvalue weighted by atomic mass is 16.4. The Morgan fingerprint density at radius 1 is 1.11 bits per heavy atom. The lowest BCUT2D eigenvalue weighted by molar-refractivity contribution is -0.133. The van der Waals surface area contributed by atoms with Gasteiger partial charge >= 0.3 is 11.9 Å². The van der Waals surface area contributed by atoms with E-state index in [1.54, 1.807) is 12.1 Å². The van der Waals surface area contributed by atoms with E-state index in [1.807, 2.05) is 12.1 Å². The molecule has 4 nitrogen and oxygen atoms in total. The Hall–Kier alpha value is -2.10. The first-order valence-corrected chi connectivity index (χ1v) is 6.31. The number of hydrogen-bond acceptors (Lipinski definition) is 2. The topological polar surface area (TPSA) is 74.6 Å². The second-order valence-corrected chi connectivity index (χ2v) is 4.36. The van der Waals surface area contributed by atoms with E-state index in [-0.39, 0.29) is 5.57 Å². The van der Waals surface area contributed by atoms with Crippen LogP contribution >= 0.6 is 0 Å². The van der Waals surface area contributed by atoms with Crippen molar-refractivity contribution in [2.24, 2.45) is 0 Å². The Morgan fingerprint density at radius 3 is 2.21 bits per heavy atom. The molecule has 0 atom stereocenters. The molecular weight excluding hydrogens is 244 g/mol. The zero-order valence-electron chi connectivity index (χ0n) is 10.9. The predicted octanol–water partition coefficient (Wildman–Crippen LogP) is 2.97. The summed E-state index contributed by atoms with van der Waals surface area (Å²) in [5, 5.41) is 17.6. The maximum Gasteiger partial charge on any atom is 0.336 e. The molecule has 102 valence electrons. The van der Waals surface area contributed by atoms with Gasteiger partial charge in [-0.3, -0.25) is 0 Å². The van der Waals surface area contributed by atoms with Gasteiger partial charge in [-0.05, 0) is 24.0 Å². The summed E-state index contributed by atoms with van der Waals surface area (Å²) in [4.78, 5) is 21.6. The summed E-state index contributed by atoms with van der Waals surface area (Å²) in [6.07, 6.45) is 5.10. The minimum absolute atomic E-state index is 0.201. The fourth-order valence-corrected chi connectivity index (χ4v) is 1.82. The molecule has 1 aromatic rings. The fourth-order valence-electron chi connectivity index (χ4n) is 1.82. The van der Waals surface area contributed by atoms with E-state index >= 15 is 0 Å². The lowest BCUT2D eigenvalue weighted by Crippen LogP contribution is -2.03. The Labute approximate surface area is 112 Å². The molecular formula is C15H18O4. The van der Waals surface area contributed by atoms with Gasteiger partial charge in [0.25, 0.3) is 0 Å². The third-order valence-electron chi connectivity index (χ3n) is 2.83. The molecule has 2 N–H and O–H groups in total. The number of carboxylic acids is 2. The highest BCUT2D eigenvalue weighted by Gasteiger charge is 2.12. The molecule has 0 spiro atoms. The molecule has 0 amide bonds. The summed E-state index contributed by atoms with van der Waals surface area (Å²) in [7, 11) is 0. The van der Waals surface area contributed by atoms with Crippen LogP contribution in [0.3, 0.4) is 0 Å². The molecule has 0 aliphatic heterocycles. The average Bonchev–Trinajstić information content (AvgIpc) is 2.37. The van der Waals surface area contributed by atoms with Crippen molar-refractivity contribution in [3.63, 3.8) is 0 Å². The van der Waals surface area contributed by atoms with Crippen molar-refractivity contribution < 1.29 is 19.8 Å². The van der Waals surface area contributed by atoms with Crippen LogP contribution in [-0.2, 0) is 16.0 Å². The van der Waals surface area contributed by atoms with Gasteiger partial charge in [-0.25, -0.2) is 9.59 Å². The molecule has 0 radical (unpaired) electrons. The normalized spacial score (nSPS) is 11.3. The van der Waals surface area contributed by atoms with Crippen molar-refractivity contribution in [3.05, 3.63) is 41.5 Å². The highest BCUT2D eigenvalue weighted by molar-refractivity contribution is 6.19. The molecule has 0 saturated heterocycles. The smallest absolute Gasteiger partial charge is 0.336 e. The fraction of sp³-hybridized carbons (Fsp3) is 0.333. The van der Waals surface area contributed by atoms with Crippen LogP contribution in [0.2, 0.25) is 0 Å². The molecule has 0 fully saturated rings. The SMILES string of the molecule is CCCCCc1ccc(/C(=C/C(=O)O)C(=O)O)cc1. The maximum absolute atomic E-state index is 11.0. The molecule has 0 saturated carbocycles. The van der Waals surface area contributed by atoms with Gasteiger partial charge in [0.2, 0.25) is 0 Å². The quantitative estimate of drug-likeness (QED) is 0.585. The van der Waals surface area contributed by atoms with Crippen LogP contribution in [0.5, 0.6) is 0 Å². The molecule has 0 aliphatic rings. The van der Waals surface area contributed by atoms with Crippen molar-refractivity contribution >= 4 is 17.5 Å². The lowest BCUT2D eigenvalue weighted by Gasteiger charge is -2.04. The van der Waals surface area contributed by atoms with E-state index in [4.69, 9.17) is 10.2 Å². The van der Waals surface area contributed by atoms with E-state index in [0.29, 0.717) is 11.6 Å². The van der Waals surface area contributed by atoms with Crippen LogP contribution in [0.15, 0.2) is 30.3 Å². The van der Waals surface area contributed by atoms with Crippen LogP contribution in [0.25, 0.3) is 5.57 Å². The summed E-state index contributed by atoms with van der Waals surface area (Å²) >= 11 is 0. The van der Waals surface area contributed by atoms with Crippen molar-refractivity contribution in [2.45, 2.75) is 32.6 Å². The van der Waals surface area contributed by atoms with Crippen molar-refractivity contribution in [1.29, 1.82) is 0 Å². The standard InChI is InChI=1S/C15H18O4/c1-2-3-4-5-11-6-8-12(9-7-11)13(15(18)19)10-14(16)17/h6-10H,2-5H2,1H3,(H,16,17)(H,18,19)/b13-10-. The third kappa shape index (κ3) is 4.95. The molecule has 0 heterocycles. The van der Waals surface area contributed by atoms with Gasteiger partial charge in [0, 0.05) is 6.08 Å². The Kier molecular flexibility index (Phi) is 5.79. The van der Waals surface area contributed by atoms with E-state index in [1.165, 1.54) is 6.42 Å². The van der Waals surface area contributed by atoms with E-state index in [0.717, 1.165) is 24.8 Å². The summed E-state index contributed by atoms with van der Waals surface area (Å²) < 4.78 is 0. The molecule has 4 heteroatoms. The molecule has 1 aromatic carbocycles. The molecule has 19 heavy (non-hydrogen) atoms. The van der Waals surface area contributed by atoms with Gasteiger partial charge < -0.3 is 10.2 Å². The largest absolute Gasteiger partial charge is 0.478 e. The number of rotatable bonds is 7. The van der Waals surface area contributed by atoms with Gasteiger partial charge in [-0.2, -0.15) is 0 Å². The number of benzene rings is 1. The molecule has 0 bridgehead atoms. The summed E-state index contributed by atoms with van der Waals surface area (Å²) in [6.45, 7) is 2.14. The van der Waals surface area contributed by atoms with Gasteiger partial charge in [-0.1, -0.05) is 44.0 Å². The van der Waals surface area contributed by atoms with Crippen LogP contribution in [0.1, 0.15) is 37.3 Å². The third-order valence-corrected chi connectivity index (χ3v) is 2.83. The number of aryl methyl sites for hydroxylation is 1. The number of unbranched alkanes of at least 4 members (excludes halogenated alkanes) is 2. The average molecular weight is 262 g/mol. The molecule has 0 aliphatic carbocycles. The Morgan fingerprint density at radius 2 is 1.74 bits per heavy atom. The van der Waals surface area contributed by atoms with E-state index in [2.05, 4.69) is 6.92 Å². The van der Waals surface area contributed by atoms with Gasteiger partial charge in [-0.15, -0.1) is 0 Å². The summed E-state index contributed by atoms with van der Waals surface area (Å²) in [6, 6.07) is 7.02. The maximum atomic E-state index is 11.0. The van der Waals surface area contributed by atoms with Crippen LogP contribution < -0.4 is 0 Å². The van der Waals surface area contributed by atoms with Crippen LogP contribution in [0, 0.1) is 0 Å². The van der Waals surface area contributed by atoms with Crippen molar-refractivity contribution in [1.82, 2.24) is 0 Å². The Balaban J connectivity index is 2.84. The number of carbonyl (C=O) groups is 2. The highest BCUT2D eigenvalue weighted by Crippen LogP contribution is 2.17. The first kappa shape index (κ1) is 15.0. The minimum Gasteiger partial charge on any atom is -0.478 e. The van der Waals surface area contributed by atoms with Gasteiger partial charge in [0.05, 0.1) is 5.57 Å². The van der Waals surface area contributed by atoms with Crippen molar-refractivity contribution in [3.8, 4) is 0 Å². The molecule has 0 aromatic heterocycles. The number of hydrogen-bond donors (Lipinski definition) is 2. The van der Waals surface area contributed by atoms with E-state index < -0.39 is 11.9 Å². The monoisotopic (exact) mass is 262 g/mol. The molecule has 1 rings (SSSR count). The second kappa shape index (κ2) is 7.36. The van der Waals surface area contributed by atoms with Crippen molar-refractivity contribution in [2.75, 3.05) is 0 Å². The van der Waals surface area contributed by atoms with Gasteiger partial charge in [0.1, 0.15) is 0 Å². The Bertz CT molecular complexity index is 471. The predicted molar refractivity (Wildman–Crippen MR) is 72.9 cm³/mol. The summed E-state index contributed by atoms with van der Waals surface area (Å²) in [5.41, 5.74) is 1.35.